The molecule has 2 nitrogen and oxygen atoms in total. The fraction of sp³-hybridized carbons (Fsp3) is 0.538. The van der Waals surface area contributed by atoms with Gasteiger partial charge in [0, 0.05) is 31.1 Å². The monoisotopic (exact) mass is 362 g/mol. The molecule has 2 rings (SSSR count). The van der Waals surface area contributed by atoms with Gasteiger partial charge in [0.1, 0.15) is 6.04 Å². The zero-order valence-electron chi connectivity index (χ0n) is 11.5. The van der Waals surface area contributed by atoms with Gasteiger partial charge in [0.25, 0.3) is 0 Å². The molecule has 1 heterocycles. The molecule has 1 saturated heterocycles. The van der Waals surface area contributed by atoms with E-state index in [4.69, 9.17) is 0 Å². The van der Waals surface area contributed by atoms with Crippen molar-refractivity contribution in [2.75, 3.05) is 32.4 Å². The summed E-state index contributed by atoms with van der Waals surface area (Å²) in [4.78, 5) is 2.48. The first kappa shape index (κ1) is 20.9. The first-order valence-electron chi connectivity index (χ1n) is 6.18. The summed E-state index contributed by atoms with van der Waals surface area (Å²) in [6.07, 6.45) is -2.33. The van der Waals surface area contributed by atoms with Gasteiger partial charge in [0.2, 0.25) is 0 Å². The highest BCUT2D eigenvalue weighted by Gasteiger charge is 2.44. The van der Waals surface area contributed by atoms with E-state index in [1.807, 2.05) is 6.26 Å². The van der Waals surface area contributed by atoms with Crippen molar-refractivity contribution in [2.24, 2.45) is 0 Å². The van der Waals surface area contributed by atoms with Gasteiger partial charge in [-0.25, -0.2) is 0 Å². The van der Waals surface area contributed by atoms with Crippen molar-refractivity contribution >= 4 is 36.6 Å². The number of piperazine rings is 1. The molecule has 21 heavy (non-hydrogen) atoms. The number of alkyl halides is 3. The zero-order chi connectivity index (χ0) is 13.9. The van der Waals surface area contributed by atoms with Crippen LogP contribution in [0.4, 0.5) is 13.2 Å². The van der Waals surface area contributed by atoms with E-state index in [0.717, 1.165) is 4.90 Å². The summed E-state index contributed by atoms with van der Waals surface area (Å²) in [5, 5.41) is 3.08. The van der Waals surface area contributed by atoms with Gasteiger partial charge in [-0.2, -0.15) is 13.2 Å². The van der Waals surface area contributed by atoms with Gasteiger partial charge >= 0.3 is 6.18 Å². The molecule has 0 aromatic heterocycles. The minimum atomic E-state index is -4.24. The second-order valence-corrected chi connectivity index (χ2v) is 5.38. The van der Waals surface area contributed by atoms with Crippen molar-refractivity contribution in [1.82, 2.24) is 10.2 Å². The largest absolute Gasteiger partial charge is 0.408 e. The zero-order valence-corrected chi connectivity index (χ0v) is 14.0. The number of hydrogen-bond acceptors (Lipinski definition) is 3. The molecule has 0 saturated carbocycles. The van der Waals surface area contributed by atoms with Crippen LogP contribution >= 0.6 is 36.6 Å². The normalized spacial score (nSPS) is 17.5. The molecule has 0 bridgehead atoms. The van der Waals surface area contributed by atoms with Gasteiger partial charge < -0.3 is 5.32 Å². The maximum Gasteiger partial charge on any atom is 0.408 e. The Morgan fingerprint density at radius 2 is 1.62 bits per heavy atom. The Kier molecular flexibility index (Phi) is 9.04. The molecule has 1 aromatic carbocycles. The summed E-state index contributed by atoms with van der Waals surface area (Å²) < 4.78 is 39.9. The standard InChI is InChI=1S/C13H17F3N2S.2ClH/c1-19-11-4-2-10(3-5-11)12(13(14,15)16)18-8-6-17-7-9-18;;/h2-5,12,17H,6-9H2,1H3;2*1H/t12-;;/m1../s1. The molecule has 1 N–H and O–H groups in total. The lowest BCUT2D eigenvalue weighted by atomic mass is 10.0. The van der Waals surface area contributed by atoms with E-state index in [0.29, 0.717) is 31.7 Å². The minimum Gasteiger partial charge on any atom is -0.314 e. The van der Waals surface area contributed by atoms with Crippen LogP contribution in [0.15, 0.2) is 29.2 Å². The number of hydrogen-bond donors (Lipinski definition) is 1. The fourth-order valence-electron chi connectivity index (χ4n) is 2.33. The molecule has 0 spiro atoms. The lowest BCUT2D eigenvalue weighted by molar-refractivity contribution is -0.187. The number of rotatable bonds is 3. The highest BCUT2D eigenvalue weighted by molar-refractivity contribution is 7.98. The third kappa shape index (κ3) is 5.53. The molecule has 1 aliphatic heterocycles. The van der Waals surface area contributed by atoms with Crippen LogP contribution in [-0.4, -0.2) is 43.5 Å². The summed E-state index contributed by atoms with van der Waals surface area (Å²) in [6.45, 7) is 2.06. The predicted molar refractivity (Wildman–Crippen MR) is 86.0 cm³/mol. The molecular weight excluding hydrogens is 344 g/mol. The van der Waals surface area contributed by atoms with E-state index < -0.39 is 12.2 Å². The van der Waals surface area contributed by atoms with E-state index in [1.165, 1.54) is 16.7 Å². The molecule has 8 heteroatoms. The number of halogens is 5. The van der Waals surface area contributed by atoms with Crippen LogP contribution in [0.2, 0.25) is 0 Å². The summed E-state index contributed by atoms with van der Waals surface area (Å²) >= 11 is 1.53. The Hall–Kier alpha value is -0.140. The summed E-state index contributed by atoms with van der Waals surface area (Å²) in [5.74, 6) is 0. The van der Waals surface area contributed by atoms with E-state index in [9.17, 15) is 13.2 Å². The maximum absolute atomic E-state index is 13.3. The Morgan fingerprint density at radius 1 is 1.10 bits per heavy atom. The summed E-state index contributed by atoms with van der Waals surface area (Å²) in [7, 11) is 0. The smallest absolute Gasteiger partial charge is 0.314 e. The fourth-order valence-corrected chi connectivity index (χ4v) is 2.74. The lowest BCUT2D eigenvalue weighted by Crippen LogP contribution is -2.49. The summed E-state index contributed by atoms with van der Waals surface area (Å²) in [6, 6.07) is 5.19. The van der Waals surface area contributed by atoms with Crippen molar-refractivity contribution in [2.45, 2.75) is 17.1 Å². The van der Waals surface area contributed by atoms with E-state index >= 15 is 0 Å². The number of nitrogens with one attached hydrogen (secondary N) is 1. The molecular formula is C13H19Cl2F3N2S. The minimum absolute atomic E-state index is 0. The quantitative estimate of drug-likeness (QED) is 0.824. The first-order valence-corrected chi connectivity index (χ1v) is 7.40. The molecule has 0 unspecified atom stereocenters. The highest BCUT2D eigenvalue weighted by Crippen LogP contribution is 2.38. The molecule has 1 aliphatic rings. The highest BCUT2D eigenvalue weighted by atomic mass is 35.5. The summed E-state index contributed by atoms with van der Waals surface area (Å²) in [5.41, 5.74) is 0.326. The van der Waals surface area contributed by atoms with Crippen molar-refractivity contribution < 1.29 is 13.2 Å². The van der Waals surface area contributed by atoms with Gasteiger partial charge in [0.05, 0.1) is 0 Å². The van der Waals surface area contributed by atoms with Crippen LogP contribution in [0.25, 0.3) is 0 Å². The van der Waals surface area contributed by atoms with Crippen LogP contribution < -0.4 is 5.32 Å². The van der Waals surface area contributed by atoms with Gasteiger partial charge in [-0.3, -0.25) is 4.90 Å². The van der Waals surface area contributed by atoms with Crippen LogP contribution in [-0.2, 0) is 0 Å². The van der Waals surface area contributed by atoms with Crippen molar-refractivity contribution in [1.29, 1.82) is 0 Å². The molecule has 0 radical (unpaired) electrons. The number of thioether (sulfide) groups is 1. The van der Waals surface area contributed by atoms with Crippen LogP contribution in [0.3, 0.4) is 0 Å². The molecule has 122 valence electrons. The molecule has 1 atom stereocenters. The van der Waals surface area contributed by atoms with Crippen molar-refractivity contribution in [3.8, 4) is 0 Å². The Morgan fingerprint density at radius 3 is 2.05 bits per heavy atom. The second kappa shape index (κ2) is 9.10. The number of benzene rings is 1. The average molecular weight is 363 g/mol. The third-order valence-electron chi connectivity index (χ3n) is 3.26. The Balaban J connectivity index is 0.00000200. The average Bonchev–Trinajstić information content (AvgIpc) is 2.39. The predicted octanol–water partition coefficient (Wildman–Crippen LogP) is 3.76. The third-order valence-corrected chi connectivity index (χ3v) is 4.00. The van der Waals surface area contributed by atoms with Crippen LogP contribution in [0.1, 0.15) is 11.6 Å². The lowest BCUT2D eigenvalue weighted by Gasteiger charge is -2.36. The Bertz CT molecular complexity index is 409. The van der Waals surface area contributed by atoms with E-state index in [1.54, 1.807) is 24.3 Å². The van der Waals surface area contributed by atoms with Crippen molar-refractivity contribution in [3.63, 3.8) is 0 Å². The molecule has 1 aromatic rings. The number of nitrogens with zero attached hydrogens (tertiary/aromatic N) is 1. The topological polar surface area (TPSA) is 15.3 Å². The van der Waals surface area contributed by atoms with Gasteiger partial charge in [-0.05, 0) is 24.0 Å². The maximum atomic E-state index is 13.3. The SMILES string of the molecule is CSc1ccc([C@@H](N2CCNCC2)C(F)(F)F)cc1.Cl.Cl. The molecule has 0 amide bonds. The second-order valence-electron chi connectivity index (χ2n) is 4.50. The van der Waals surface area contributed by atoms with Gasteiger partial charge in [-0.15, -0.1) is 36.6 Å². The molecule has 1 fully saturated rings. The van der Waals surface area contributed by atoms with E-state index in [-0.39, 0.29) is 24.8 Å². The van der Waals surface area contributed by atoms with E-state index in [2.05, 4.69) is 5.32 Å². The first-order chi connectivity index (χ1) is 9.02. The van der Waals surface area contributed by atoms with Crippen LogP contribution in [0, 0.1) is 0 Å². The van der Waals surface area contributed by atoms with Crippen LogP contribution in [0.5, 0.6) is 0 Å². The molecule has 0 aliphatic carbocycles. The van der Waals surface area contributed by atoms with Gasteiger partial charge in [-0.1, -0.05) is 12.1 Å². The Labute approximate surface area is 139 Å². The van der Waals surface area contributed by atoms with Gasteiger partial charge in [0.15, 0.2) is 0 Å². The van der Waals surface area contributed by atoms with Crippen molar-refractivity contribution in [3.05, 3.63) is 29.8 Å².